The van der Waals surface area contributed by atoms with Gasteiger partial charge < -0.3 is 14.2 Å². The third-order valence-corrected chi connectivity index (χ3v) is 7.48. The molecule has 0 aliphatic rings. The fourth-order valence-corrected chi connectivity index (χ4v) is 5.26. The summed E-state index contributed by atoms with van der Waals surface area (Å²) in [5.74, 6) is -0.0148. The lowest BCUT2D eigenvalue weighted by Gasteiger charge is -2.39. The van der Waals surface area contributed by atoms with Crippen molar-refractivity contribution in [3.63, 3.8) is 0 Å². The van der Waals surface area contributed by atoms with Gasteiger partial charge in [-0.05, 0) is 22.8 Å². The lowest BCUT2D eigenvalue weighted by atomic mass is 9.76. The van der Waals surface area contributed by atoms with Crippen molar-refractivity contribution in [1.29, 1.82) is 0 Å². The van der Waals surface area contributed by atoms with E-state index in [1.807, 2.05) is 91.0 Å². The summed E-state index contributed by atoms with van der Waals surface area (Å²) in [5.41, 5.74) is 1.94. The highest BCUT2D eigenvalue weighted by atomic mass is 127. The maximum absolute atomic E-state index is 13.6. The number of hydrogen-bond acceptors (Lipinski definition) is 7. The zero-order chi connectivity index (χ0) is 28.5. The molecule has 1 atom stereocenters. The molecule has 0 heterocycles. The van der Waals surface area contributed by atoms with Gasteiger partial charge in [0.1, 0.15) is 12.6 Å². The molecule has 40 heavy (non-hydrogen) atoms. The lowest BCUT2D eigenvalue weighted by Crippen LogP contribution is -2.53. The Hall–Kier alpha value is -3.96. The zero-order valence-electron chi connectivity index (χ0n) is 22.1. The van der Waals surface area contributed by atoms with Gasteiger partial charge in [0.25, 0.3) is 5.69 Å². The fourth-order valence-electron chi connectivity index (χ4n) is 4.68. The number of carbonyl (C=O) groups excluding carboxylic acids is 1. The first-order valence-corrected chi connectivity index (χ1v) is 14.0. The number of ether oxygens (including phenoxy) is 3. The number of nitro benzene ring substituents is 1. The zero-order valence-corrected chi connectivity index (χ0v) is 24.2. The van der Waals surface area contributed by atoms with E-state index in [1.165, 1.54) is 26.4 Å². The Morgan fingerprint density at radius 3 is 1.70 bits per heavy atom. The first-order chi connectivity index (χ1) is 19.4. The second-order valence-corrected chi connectivity index (χ2v) is 9.78. The standard InChI is InChI=1S/C31H29IN2O6/c1-38-28-18-22(27(34(36)37)19-29(28)39-2)21-40-30(35)26(20-32)33-31(23-12-6-3-7-13-23,24-14-8-4-9-15-24)25-16-10-5-11-17-25/h3-19,26,33H,20-21H2,1-2H3/t26-/m0/s1. The largest absolute Gasteiger partial charge is 0.493 e. The van der Waals surface area contributed by atoms with Gasteiger partial charge in [0.05, 0.1) is 36.3 Å². The quantitative estimate of drug-likeness (QED) is 0.0498. The number of halogens is 1. The van der Waals surface area contributed by atoms with Gasteiger partial charge in [0.2, 0.25) is 0 Å². The second kappa shape index (κ2) is 13.4. The van der Waals surface area contributed by atoms with E-state index in [9.17, 15) is 14.9 Å². The molecule has 0 bridgehead atoms. The van der Waals surface area contributed by atoms with E-state index in [0.29, 0.717) is 10.2 Å². The molecule has 0 unspecified atom stereocenters. The SMILES string of the molecule is COc1cc(COC(=O)[C@H](CI)NC(c2ccccc2)(c2ccccc2)c2ccccc2)c([N+](=O)[O-])cc1OC. The fraction of sp³-hybridized carbons (Fsp3) is 0.194. The number of alkyl halides is 1. The molecule has 0 fully saturated rings. The van der Waals surface area contributed by atoms with Crippen LogP contribution in [0.3, 0.4) is 0 Å². The van der Waals surface area contributed by atoms with Crippen LogP contribution >= 0.6 is 22.6 Å². The van der Waals surface area contributed by atoms with Crippen molar-refractivity contribution in [2.45, 2.75) is 18.2 Å². The molecular weight excluding hydrogens is 623 g/mol. The number of carbonyl (C=O) groups is 1. The number of methoxy groups -OCH3 is 2. The highest BCUT2D eigenvalue weighted by Crippen LogP contribution is 2.38. The van der Waals surface area contributed by atoms with E-state index in [2.05, 4.69) is 27.9 Å². The van der Waals surface area contributed by atoms with Gasteiger partial charge >= 0.3 is 5.97 Å². The molecule has 0 aromatic heterocycles. The van der Waals surface area contributed by atoms with E-state index in [4.69, 9.17) is 14.2 Å². The minimum absolute atomic E-state index is 0.198. The predicted octanol–water partition coefficient (Wildman–Crippen LogP) is 6.04. The third-order valence-electron chi connectivity index (χ3n) is 6.60. The van der Waals surface area contributed by atoms with Crippen molar-refractivity contribution in [2.24, 2.45) is 0 Å². The van der Waals surface area contributed by atoms with Crippen LogP contribution in [0, 0.1) is 10.1 Å². The van der Waals surface area contributed by atoms with Crippen LogP contribution in [0.2, 0.25) is 0 Å². The van der Waals surface area contributed by atoms with Crippen LogP contribution in [-0.4, -0.2) is 35.6 Å². The molecule has 206 valence electrons. The number of hydrogen-bond donors (Lipinski definition) is 1. The lowest BCUT2D eigenvalue weighted by molar-refractivity contribution is -0.385. The minimum Gasteiger partial charge on any atom is -0.493 e. The Bertz CT molecular complexity index is 1340. The van der Waals surface area contributed by atoms with Gasteiger partial charge in [-0.2, -0.15) is 0 Å². The topological polar surface area (TPSA) is 99.9 Å². The van der Waals surface area contributed by atoms with Crippen molar-refractivity contribution in [1.82, 2.24) is 5.32 Å². The molecule has 1 N–H and O–H groups in total. The van der Waals surface area contributed by atoms with E-state index in [1.54, 1.807) is 0 Å². The van der Waals surface area contributed by atoms with Crippen molar-refractivity contribution < 1.29 is 23.9 Å². The molecule has 0 amide bonds. The Kier molecular flexibility index (Phi) is 9.73. The molecule has 0 aliphatic heterocycles. The van der Waals surface area contributed by atoms with E-state index < -0.39 is 22.5 Å². The van der Waals surface area contributed by atoms with Crippen molar-refractivity contribution in [3.8, 4) is 11.5 Å². The van der Waals surface area contributed by atoms with Gasteiger partial charge in [-0.25, -0.2) is 0 Å². The van der Waals surface area contributed by atoms with Crippen molar-refractivity contribution in [2.75, 3.05) is 18.6 Å². The van der Waals surface area contributed by atoms with Gasteiger partial charge in [0, 0.05) is 4.43 Å². The van der Waals surface area contributed by atoms with E-state index in [0.717, 1.165) is 16.7 Å². The van der Waals surface area contributed by atoms with Crippen molar-refractivity contribution >= 4 is 34.2 Å². The summed E-state index contributed by atoms with van der Waals surface area (Å²) in [5, 5.41) is 15.4. The first kappa shape index (κ1) is 29.0. The summed E-state index contributed by atoms with van der Waals surface area (Å²) in [7, 11) is 2.84. The monoisotopic (exact) mass is 652 g/mol. The Balaban J connectivity index is 1.71. The molecule has 0 saturated carbocycles. The molecule has 9 heteroatoms. The van der Waals surface area contributed by atoms with Gasteiger partial charge in [-0.1, -0.05) is 114 Å². The summed E-state index contributed by atoms with van der Waals surface area (Å²) < 4.78 is 16.6. The number of esters is 1. The Morgan fingerprint density at radius 2 is 1.30 bits per heavy atom. The number of benzene rings is 4. The number of rotatable bonds is 12. The number of nitrogens with one attached hydrogen (secondary N) is 1. The van der Waals surface area contributed by atoms with Gasteiger partial charge in [-0.15, -0.1) is 0 Å². The molecular formula is C31H29IN2O6. The van der Waals surface area contributed by atoms with Crippen LogP contribution in [0.15, 0.2) is 103 Å². The summed E-state index contributed by atoms with van der Waals surface area (Å²) in [6.45, 7) is -0.306. The smallest absolute Gasteiger partial charge is 0.324 e. The normalized spacial score (nSPS) is 11.9. The van der Waals surface area contributed by atoms with E-state index >= 15 is 0 Å². The maximum atomic E-state index is 13.6. The van der Waals surface area contributed by atoms with Crippen LogP contribution in [-0.2, 0) is 21.7 Å². The van der Waals surface area contributed by atoms with Crippen LogP contribution in [0.4, 0.5) is 5.69 Å². The third kappa shape index (κ3) is 6.10. The molecule has 0 spiro atoms. The van der Waals surface area contributed by atoms with E-state index in [-0.39, 0.29) is 23.6 Å². The van der Waals surface area contributed by atoms with Crippen LogP contribution in [0.5, 0.6) is 11.5 Å². The van der Waals surface area contributed by atoms with Gasteiger partial charge in [-0.3, -0.25) is 20.2 Å². The first-order valence-electron chi connectivity index (χ1n) is 12.5. The predicted molar refractivity (Wildman–Crippen MR) is 161 cm³/mol. The minimum atomic E-state index is -0.881. The Labute approximate surface area is 246 Å². The summed E-state index contributed by atoms with van der Waals surface area (Å²) >= 11 is 2.15. The summed E-state index contributed by atoms with van der Waals surface area (Å²) in [6, 6.07) is 31.7. The maximum Gasteiger partial charge on any atom is 0.324 e. The number of nitro groups is 1. The average molecular weight is 652 g/mol. The van der Waals surface area contributed by atoms with Crippen LogP contribution in [0.1, 0.15) is 22.3 Å². The Morgan fingerprint density at radius 1 is 0.850 bits per heavy atom. The molecule has 4 rings (SSSR count). The summed E-state index contributed by atoms with van der Waals surface area (Å²) in [6.07, 6.45) is 0. The van der Waals surface area contributed by atoms with Gasteiger partial charge in [0.15, 0.2) is 11.5 Å². The highest BCUT2D eigenvalue weighted by molar-refractivity contribution is 14.1. The number of nitrogens with zero attached hydrogens (tertiary/aromatic N) is 1. The molecule has 8 nitrogen and oxygen atoms in total. The summed E-state index contributed by atoms with van der Waals surface area (Å²) in [4.78, 5) is 24.8. The molecule has 4 aromatic carbocycles. The van der Waals surface area contributed by atoms with Crippen LogP contribution in [0.25, 0.3) is 0 Å². The average Bonchev–Trinajstić information content (AvgIpc) is 3.01. The molecule has 0 aliphatic carbocycles. The van der Waals surface area contributed by atoms with Crippen LogP contribution < -0.4 is 14.8 Å². The van der Waals surface area contributed by atoms with Crippen molar-refractivity contribution in [3.05, 3.63) is 135 Å². The molecule has 0 radical (unpaired) electrons. The highest BCUT2D eigenvalue weighted by Gasteiger charge is 2.40. The molecule has 4 aromatic rings. The molecule has 0 saturated heterocycles. The second-order valence-electron chi connectivity index (χ2n) is 8.90.